The van der Waals surface area contributed by atoms with Crippen molar-refractivity contribution in [3.05, 3.63) is 41.7 Å². The Bertz CT molecular complexity index is 502. The number of carbonyl (C=O) groups is 1. The minimum Gasteiger partial charge on any atom is -0.296 e. The van der Waals surface area contributed by atoms with E-state index in [4.69, 9.17) is 0 Å². The summed E-state index contributed by atoms with van der Waals surface area (Å²) in [6.07, 6.45) is 2.55. The Morgan fingerprint density at radius 2 is 2.00 bits per heavy atom. The summed E-state index contributed by atoms with van der Waals surface area (Å²) >= 11 is 1.55. The van der Waals surface area contributed by atoms with E-state index in [-0.39, 0.29) is 0 Å². The van der Waals surface area contributed by atoms with Gasteiger partial charge in [-0.2, -0.15) is 5.10 Å². The fourth-order valence-corrected chi connectivity index (χ4v) is 2.28. The summed E-state index contributed by atoms with van der Waals surface area (Å²) in [6.45, 7) is 2.05. The first-order valence-corrected chi connectivity index (χ1v) is 5.74. The highest BCUT2D eigenvalue weighted by Crippen LogP contribution is 2.29. The molecule has 0 amide bonds. The molecule has 0 unspecified atom stereocenters. The molecule has 0 N–H and O–H groups in total. The summed E-state index contributed by atoms with van der Waals surface area (Å²) in [4.78, 5) is 12.9. The lowest BCUT2D eigenvalue weighted by Gasteiger charge is -2.00. The van der Waals surface area contributed by atoms with Crippen LogP contribution in [0.4, 0.5) is 0 Å². The van der Waals surface area contributed by atoms with Crippen molar-refractivity contribution in [2.24, 2.45) is 7.05 Å². The predicted octanol–water partition coefficient (Wildman–Crippen LogP) is 2.69. The fourth-order valence-electron chi connectivity index (χ4n) is 1.37. The van der Waals surface area contributed by atoms with E-state index in [0.29, 0.717) is 5.69 Å². The first kappa shape index (κ1) is 11.0. The van der Waals surface area contributed by atoms with E-state index >= 15 is 0 Å². The number of hydrogen-bond donors (Lipinski definition) is 0. The van der Waals surface area contributed by atoms with Crippen molar-refractivity contribution in [2.75, 3.05) is 0 Å². The number of rotatable bonds is 3. The summed E-state index contributed by atoms with van der Waals surface area (Å²) in [5, 5.41) is 4.07. The number of hydrogen-bond acceptors (Lipinski definition) is 3. The van der Waals surface area contributed by atoms with Crippen LogP contribution < -0.4 is 0 Å². The lowest BCUT2D eigenvalue weighted by atomic mass is 10.2. The molecule has 0 radical (unpaired) electrons. The molecule has 0 aliphatic heterocycles. The topological polar surface area (TPSA) is 34.9 Å². The van der Waals surface area contributed by atoms with Gasteiger partial charge in [0, 0.05) is 11.9 Å². The molecule has 1 aromatic heterocycles. The summed E-state index contributed by atoms with van der Waals surface area (Å²) in [6, 6.07) is 8.20. The molecular formula is C12H12N2OS. The maximum Gasteiger partial charge on any atom is 0.169 e. The largest absolute Gasteiger partial charge is 0.296 e. The number of aldehydes is 1. The monoisotopic (exact) mass is 232 g/mol. The molecule has 1 heterocycles. The molecule has 0 aliphatic rings. The van der Waals surface area contributed by atoms with Gasteiger partial charge in [-0.1, -0.05) is 29.5 Å². The minimum atomic E-state index is 0.616. The molecule has 3 nitrogen and oxygen atoms in total. The molecule has 0 spiro atoms. The minimum absolute atomic E-state index is 0.616. The van der Waals surface area contributed by atoms with Crippen LogP contribution >= 0.6 is 11.8 Å². The van der Waals surface area contributed by atoms with Crippen LogP contribution in [0.2, 0.25) is 0 Å². The van der Waals surface area contributed by atoms with Gasteiger partial charge in [0.1, 0.15) is 5.69 Å². The van der Waals surface area contributed by atoms with E-state index < -0.39 is 0 Å². The Hall–Kier alpha value is -1.55. The van der Waals surface area contributed by atoms with Gasteiger partial charge in [-0.25, -0.2) is 0 Å². The Morgan fingerprint density at radius 1 is 1.31 bits per heavy atom. The highest BCUT2D eigenvalue weighted by atomic mass is 32.2. The van der Waals surface area contributed by atoms with E-state index in [1.165, 1.54) is 5.56 Å². The molecule has 0 bridgehead atoms. The van der Waals surface area contributed by atoms with E-state index in [1.54, 1.807) is 29.7 Å². The van der Waals surface area contributed by atoms with Crippen molar-refractivity contribution in [1.29, 1.82) is 0 Å². The number of nitrogens with zero attached hydrogens (tertiary/aromatic N) is 2. The van der Waals surface area contributed by atoms with Crippen LogP contribution in [0.1, 0.15) is 16.1 Å². The van der Waals surface area contributed by atoms with Gasteiger partial charge < -0.3 is 0 Å². The van der Waals surface area contributed by atoms with Crippen molar-refractivity contribution >= 4 is 18.0 Å². The van der Waals surface area contributed by atoms with Gasteiger partial charge in [0.25, 0.3) is 0 Å². The standard InChI is InChI=1S/C12H12N2OS/c1-9-3-5-10(6-4-9)16-12-7-13-14(2)11(12)8-15/h3-8H,1-2H3. The zero-order valence-electron chi connectivity index (χ0n) is 9.18. The predicted molar refractivity (Wildman–Crippen MR) is 63.9 cm³/mol. The van der Waals surface area contributed by atoms with Gasteiger partial charge in [0.2, 0.25) is 0 Å². The third kappa shape index (κ3) is 2.17. The lowest BCUT2D eigenvalue weighted by Crippen LogP contribution is -1.96. The van der Waals surface area contributed by atoms with Crippen molar-refractivity contribution in [3.8, 4) is 0 Å². The molecule has 16 heavy (non-hydrogen) atoms. The third-order valence-corrected chi connectivity index (χ3v) is 3.35. The second-order valence-corrected chi connectivity index (χ2v) is 4.67. The molecule has 0 atom stereocenters. The second-order valence-electron chi connectivity index (χ2n) is 3.55. The van der Waals surface area contributed by atoms with Gasteiger partial charge in [-0.05, 0) is 19.1 Å². The zero-order chi connectivity index (χ0) is 11.5. The summed E-state index contributed by atoms with van der Waals surface area (Å²) in [5.41, 5.74) is 1.84. The Labute approximate surface area is 98.5 Å². The second kappa shape index (κ2) is 4.53. The van der Waals surface area contributed by atoms with Gasteiger partial charge in [-0.15, -0.1) is 0 Å². The highest BCUT2D eigenvalue weighted by molar-refractivity contribution is 7.99. The van der Waals surface area contributed by atoms with Crippen molar-refractivity contribution in [1.82, 2.24) is 9.78 Å². The molecule has 1 aromatic carbocycles. The van der Waals surface area contributed by atoms with Gasteiger partial charge >= 0.3 is 0 Å². The molecule has 82 valence electrons. The molecule has 4 heteroatoms. The SMILES string of the molecule is Cc1ccc(Sc2cnn(C)c2C=O)cc1. The quantitative estimate of drug-likeness (QED) is 0.763. The number of aryl methyl sites for hydroxylation is 2. The average Bonchev–Trinajstić information content (AvgIpc) is 2.63. The summed E-state index contributed by atoms with van der Waals surface area (Å²) < 4.78 is 1.59. The molecule has 0 fully saturated rings. The first-order chi connectivity index (χ1) is 7.70. The Balaban J connectivity index is 2.26. The molecule has 2 aromatic rings. The molecule has 0 aliphatic carbocycles. The molecule has 0 saturated heterocycles. The molecule has 0 saturated carbocycles. The van der Waals surface area contributed by atoms with Crippen LogP contribution in [0.15, 0.2) is 40.3 Å². The van der Waals surface area contributed by atoms with Gasteiger partial charge in [0.05, 0.1) is 11.1 Å². The maximum absolute atomic E-state index is 10.9. The smallest absolute Gasteiger partial charge is 0.169 e. The summed E-state index contributed by atoms with van der Waals surface area (Å²) in [5.74, 6) is 0. The zero-order valence-corrected chi connectivity index (χ0v) is 9.99. The van der Waals surface area contributed by atoms with E-state index in [0.717, 1.165) is 16.1 Å². The van der Waals surface area contributed by atoms with E-state index in [1.807, 2.05) is 12.1 Å². The maximum atomic E-state index is 10.9. The number of benzene rings is 1. The molecular weight excluding hydrogens is 220 g/mol. The number of aromatic nitrogens is 2. The normalized spacial score (nSPS) is 10.4. The van der Waals surface area contributed by atoms with Crippen LogP contribution in [0.5, 0.6) is 0 Å². The average molecular weight is 232 g/mol. The van der Waals surface area contributed by atoms with Gasteiger partial charge in [0.15, 0.2) is 6.29 Å². The lowest BCUT2D eigenvalue weighted by molar-refractivity contribution is 0.111. The fraction of sp³-hybridized carbons (Fsp3) is 0.167. The molecule has 2 rings (SSSR count). The van der Waals surface area contributed by atoms with Crippen LogP contribution in [0.3, 0.4) is 0 Å². The van der Waals surface area contributed by atoms with Crippen LogP contribution in [0, 0.1) is 6.92 Å². The third-order valence-electron chi connectivity index (χ3n) is 2.31. The number of carbonyl (C=O) groups excluding carboxylic acids is 1. The van der Waals surface area contributed by atoms with Crippen LogP contribution in [-0.2, 0) is 7.05 Å². The summed E-state index contributed by atoms with van der Waals surface area (Å²) in [7, 11) is 1.77. The Morgan fingerprint density at radius 3 is 2.62 bits per heavy atom. The van der Waals surface area contributed by atoms with E-state index in [2.05, 4.69) is 24.2 Å². The van der Waals surface area contributed by atoms with Crippen molar-refractivity contribution < 1.29 is 4.79 Å². The van der Waals surface area contributed by atoms with Crippen molar-refractivity contribution in [3.63, 3.8) is 0 Å². The van der Waals surface area contributed by atoms with Gasteiger partial charge in [-0.3, -0.25) is 9.48 Å². The van der Waals surface area contributed by atoms with Crippen LogP contribution in [-0.4, -0.2) is 16.1 Å². The first-order valence-electron chi connectivity index (χ1n) is 4.92. The Kier molecular flexibility index (Phi) is 3.10. The highest BCUT2D eigenvalue weighted by Gasteiger charge is 2.08. The van der Waals surface area contributed by atoms with Crippen molar-refractivity contribution in [2.45, 2.75) is 16.7 Å². The van der Waals surface area contributed by atoms with Crippen LogP contribution in [0.25, 0.3) is 0 Å². The van der Waals surface area contributed by atoms with E-state index in [9.17, 15) is 4.79 Å².